The molecule has 2 heterocycles. The van der Waals surface area contributed by atoms with E-state index >= 15 is 0 Å². The molecule has 0 aromatic carbocycles. The SMILES string of the molecule is CC(C)(C)C1C(=O)N(C(C)(C)C)CCc2scnc21. The first-order valence-electron chi connectivity index (χ1n) is 6.86. The van der Waals surface area contributed by atoms with Gasteiger partial charge in [0.25, 0.3) is 0 Å². The molecule has 0 bridgehead atoms. The molecule has 1 unspecified atom stereocenters. The minimum Gasteiger partial charge on any atom is -0.337 e. The normalized spacial score (nSPS) is 21.3. The van der Waals surface area contributed by atoms with Gasteiger partial charge in [-0.1, -0.05) is 20.8 Å². The number of carbonyl (C=O) groups is 1. The second-order valence-electron chi connectivity index (χ2n) is 7.37. The zero-order valence-electron chi connectivity index (χ0n) is 12.8. The molecule has 0 radical (unpaired) electrons. The third kappa shape index (κ3) is 2.69. The van der Waals surface area contributed by atoms with Gasteiger partial charge in [0.15, 0.2) is 0 Å². The number of rotatable bonds is 0. The quantitative estimate of drug-likeness (QED) is 0.729. The Morgan fingerprint density at radius 2 is 1.89 bits per heavy atom. The average molecular weight is 280 g/mol. The van der Waals surface area contributed by atoms with Crippen molar-refractivity contribution in [2.75, 3.05) is 6.54 Å². The van der Waals surface area contributed by atoms with E-state index < -0.39 is 0 Å². The van der Waals surface area contributed by atoms with Crippen LogP contribution >= 0.6 is 11.3 Å². The second-order valence-corrected chi connectivity index (χ2v) is 8.31. The molecule has 1 aliphatic rings. The van der Waals surface area contributed by atoms with Gasteiger partial charge in [-0.15, -0.1) is 11.3 Å². The zero-order valence-corrected chi connectivity index (χ0v) is 13.6. The highest BCUT2D eigenvalue weighted by Gasteiger charge is 2.43. The Morgan fingerprint density at radius 1 is 1.26 bits per heavy atom. The maximum absolute atomic E-state index is 13.0. The Bertz CT molecular complexity index is 479. The molecule has 0 saturated carbocycles. The number of fused-ring (bicyclic) bond motifs is 1. The fraction of sp³-hybridized carbons (Fsp3) is 0.733. The summed E-state index contributed by atoms with van der Waals surface area (Å²) < 4.78 is 0. The van der Waals surface area contributed by atoms with Crippen molar-refractivity contribution in [1.82, 2.24) is 9.88 Å². The molecule has 0 spiro atoms. The van der Waals surface area contributed by atoms with Gasteiger partial charge in [-0.3, -0.25) is 4.79 Å². The van der Waals surface area contributed by atoms with Gasteiger partial charge in [0, 0.05) is 23.4 Å². The lowest BCUT2D eigenvalue weighted by Crippen LogP contribution is -2.49. The van der Waals surface area contributed by atoms with Crippen molar-refractivity contribution >= 4 is 17.2 Å². The van der Waals surface area contributed by atoms with Crippen LogP contribution in [0.4, 0.5) is 0 Å². The molecule has 19 heavy (non-hydrogen) atoms. The lowest BCUT2D eigenvalue weighted by Gasteiger charge is -2.39. The Hall–Kier alpha value is -0.900. The Morgan fingerprint density at radius 3 is 2.42 bits per heavy atom. The molecule has 0 saturated heterocycles. The van der Waals surface area contributed by atoms with E-state index in [0.717, 1.165) is 18.7 Å². The van der Waals surface area contributed by atoms with Crippen LogP contribution in [0.2, 0.25) is 0 Å². The van der Waals surface area contributed by atoms with Gasteiger partial charge in [0.2, 0.25) is 5.91 Å². The van der Waals surface area contributed by atoms with Crippen LogP contribution in [0.3, 0.4) is 0 Å². The van der Waals surface area contributed by atoms with Crippen molar-refractivity contribution in [1.29, 1.82) is 0 Å². The predicted octanol–water partition coefficient (Wildman–Crippen LogP) is 3.46. The van der Waals surface area contributed by atoms with Crippen LogP contribution in [0.1, 0.15) is 58.0 Å². The van der Waals surface area contributed by atoms with E-state index in [9.17, 15) is 4.79 Å². The van der Waals surface area contributed by atoms with Crippen LogP contribution in [-0.2, 0) is 11.2 Å². The number of aromatic nitrogens is 1. The van der Waals surface area contributed by atoms with E-state index in [1.54, 1.807) is 11.3 Å². The molecule has 1 aromatic heterocycles. The fourth-order valence-electron chi connectivity index (χ4n) is 2.74. The second kappa shape index (κ2) is 4.58. The zero-order chi connectivity index (χ0) is 14.4. The van der Waals surface area contributed by atoms with Crippen molar-refractivity contribution in [3.05, 3.63) is 16.1 Å². The molecule has 3 nitrogen and oxygen atoms in total. The summed E-state index contributed by atoms with van der Waals surface area (Å²) >= 11 is 1.68. The summed E-state index contributed by atoms with van der Waals surface area (Å²) in [6.07, 6.45) is 0.926. The van der Waals surface area contributed by atoms with Crippen LogP contribution in [-0.4, -0.2) is 27.9 Å². The lowest BCUT2D eigenvalue weighted by atomic mass is 9.77. The average Bonchev–Trinajstić information content (AvgIpc) is 2.57. The largest absolute Gasteiger partial charge is 0.337 e. The number of amides is 1. The first kappa shape index (κ1) is 14.5. The summed E-state index contributed by atoms with van der Waals surface area (Å²) in [7, 11) is 0. The van der Waals surface area contributed by atoms with Crippen molar-refractivity contribution in [3.8, 4) is 0 Å². The summed E-state index contributed by atoms with van der Waals surface area (Å²) in [5.41, 5.74) is 2.65. The molecule has 106 valence electrons. The molecule has 0 N–H and O–H groups in total. The van der Waals surface area contributed by atoms with Crippen molar-refractivity contribution in [2.24, 2.45) is 5.41 Å². The first-order chi connectivity index (χ1) is 8.62. The van der Waals surface area contributed by atoms with Crippen LogP contribution in [0.15, 0.2) is 5.51 Å². The summed E-state index contributed by atoms with van der Waals surface area (Å²) in [5, 5.41) is 0. The van der Waals surface area contributed by atoms with E-state index in [1.165, 1.54) is 4.88 Å². The number of carbonyl (C=O) groups excluding carboxylic acids is 1. The van der Waals surface area contributed by atoms with Crippen molar-refractivity contribution < 1.29 is 4.79 Å². The van der Waals surface area contributed by atoms with E-state index in [2.05, 4.69) is 46.5 Å². The predicted molar refractivity (Wildman–Crippen MR) is 79.5 cm³/mol. The highest BCUT2D eigenvalue weighted by Crippen LogP contribution is 2.41. The first-order valence-corrected chi connectivity index (χ1v) is 7.74. The van der Waals surface area contributed by atoms with Gasteiger partial charge in [-0.2, -0.15) is 0 Å². The summed E-state index contributed by atoms with van der Waals surface area (Å²) in [6.45, 7) is 13.5. The van der Waals surface area contributed by atoms with Crippen LogP contribution < -0.4 is 0 Å². The maximum atomic E-state index is 13.0. The Balaban J connectivity index is 2.50. The monoisotopic (exact) mass is 280 g/mol. The number of hydrogen-bond donors (Lipinski definition) is 0. The molecular weight excluding hydrogens is 256 g/mol. The van der Waals surface area contributed by atoms with Crippen molar-refractivity contribution in [3.63, 3.8) is 0 Å². The summed E-state index contributed by atoms with van der Waals surface area (Å²) in [5.74, 6) is 0.0973. The molecule has 1 aromatic rings. The molecule has 4 heteroatoms. The standard InChI is InChI=1S/C15H24N2OS/c1-14(2,3)11-12-10(19-9-16-12)7-8-17(13(11)18)15(4,5)6/h9,11H,7-8H2,1-6H3. The van der Waals surface area contributed by atoms with Gasteiger partial charge in [-0.25, -0.2) is 4.98 Å². The third-order valence-corrected chi connectivity index (χ3v) is 4.61. The van der Waals surface area contributed by atoms with Gasteiger partial charge in [-0.05, 0) is 26.2 Å². The lowest BCUT2D eigenvalue weighted by molar-refractivity contribution is -0.139. The van der Waals surface area contributed by atoms with Gasteiger partial charge >= 0.3 is 0 Å². The molecule has 1 atom stereocenters. The van der Waals surface area contributed by atoms with Crippen LogP contribution in [0.25, 0.3) is 0 Å². The smallest absolute Gasteiger partial charge is 0.232 e. The maximum Gasteiger partial charge on any atom is 0.232 e. The van der Waals surface area contributed by atoms with E-state index in [1.807, 2.05) is 10.4 Å². The highest BCUT2D eigenvalue weighted by molar-refractivity contribution is 7.09. The minimum absolute atomic E-state index is 0.103. The topological polar surface area (TPSA) is 33.2 Å². The van der Waals surface area contributed by atoms with Crippen LogP contribution in [0.5, 0.6) is 0 Å². The summed E-state index contributed by atoms with van der Waals surface area (Å²) in [4.78, 5) is 20.8. The Labute approximate surface area is 120 Å². The van der Waals surface area contributed by atoms with E-state index in [0.29, 0.717) is 0 Å². The molecule has 1 amide bonds. The van der Waals surface area contributed by atoms with Gasteiger partial charge < -0.3 is 4.90 Å². The van der Waals surface area contributed by atoms with Crippen LogP contribution in [0, 0.1) is 5.41 Å². The highest BCUT2D eigenvalue weighted by atomic mass is 32.1. The number of nitrogens with zero attached hydrogens (tertiary/aromatic N) is 2. The van der Waals surface area contributed by atoms with Gasteiger partial charge in [0.1, 0.15) is 0 Å². The summed E-state index contributed by atoms with van der Waals surface area (Å²) in [6, 6.07) is 0. The van der Waals surface area contributed by atoms with E-state index in [4.69, 9.17) is 0 Å². The third-order valence-electron chi connectivity index (χ3n) is 3.70. The van der Waals surface area contributed by atoms with Gasteiger partial charge in [0.05, 0.1) is 17.1 Å². The molecular formula is C15H24N2OS. The number of thiazole rings is 1. The fourth-order valence-corrected chi connectivity index (χ4v) is 3.54. The minimum atomic E-state index is -0.130. The number of hydrogen-bond acceptors (Lipinski definition) is 3. The van der Waals surface area contributed by atoms with E-state index in [-0.39, 0.29) is 22.8 Å². The Kier molecular flexibility index (Phi) is 3.50. The molecule has 2 rings (SSSR count). The molecule has 0 aliphatic carbocycles. The molecule has 1 aliphatic heterocycles. The molecule has 0 fully saturated rings. The van der Waals surface area contributed by atoms with Crippen molar-refractivity contribution in [2.45, 2.75) is 59.4 Å².